The quantitative estimate of drug-likeness (QED) is 0.683. The zero-order valence-electron chi connectivity index (χ0n) is 10.9. The van der Waals surface area contributed by atoms with Gasteiger partial charge in [-0.15, -0.1) is 0 Å². The van der Waals surface area contributed by atoms with Crippen LogP contribution in [0.3, 0.4) is 0 Å². The third-order valence-electron chi connectivity index (χ3n) is 3.00. The average Bonchev–Trinajstić information content (AvgIpc) is 2.86. The molecule has 2 aromatic heterocycles. The molecule has 0 fully saturated rings. The molecule has 1 aromatic carbocycles. The number of fused-ring (bicyclic) bond motifs is 1. The molecular formula is C15H12N2O3. The van der Waals surface area contributed by atoms with Gasteiger partial charge in [0.1, 0.15) is 12.1 Å². The van der Waals surface area contributed by atoms with Gasteiger partial charge >= 0.3 is 0 Å². The van der Waals surface area contributed by atoms with E-state index in [1.54, 1.807) is 25.3 Å². The van der Waals surface area contributed by atoms with Crippen LogP contribution in [0.4, 0.5) is 0 Å². The maximum Gasteiger partial charge on any atom is 0.267 e. The fraction of sp³-hybridized carbons (Fsp3) is 0.133. The highest BCUT2D eigenvalue weighted by Gasteiger charge is 2.13. The molecule has 5 heteroatoms. The zero-order chi connectivity index (χ0) is 14.1. The van der Waals surface area contributed by atoms with Crippen molar-refractivity contribution in [1.82, 2.24) is 9.78 Å². The molecule has 3 aromatic rings. The lowest BCUT2D eigenvalue weighted by Crippen LogP contribution is -2.26. The van der Waals surface area contributed by atoms with E-state index in [0.29, 0.717) is 5.58 Å². The van der Waals surface area contributed by atoms with Gasteiger partial charge in [0.05, 0.1) is 6.20 Å². The van der Waals surface area contributed by atoms with Gasteiger partial charge in [0.15, 0.2) is 5.76 Å². The number of rotatable bonds is 3. The molecule has 5 nitrogen and oxygen atoms in total. The fourth-order valence-electron chi connectivity index (χ4n) is 1.98. The minimum absolute atomic E-state index is 0.126. The van der Waals surface area contributed by atoms with Crippen LogP contribution in [0.1, 0.15) is 16.1 Å². The Balaban J connectivity index is 1.90. The second kappa shape index (κ2) is 4.77. The van der Waals surface area contributed by atoms with Crippen LogP contribution < -0.4 is 5.56 Å². The fourth-order valence-corrected chi connectivity index (χ4v) is 1.98. The Morgan fingerprint density at radius 2 is 2.10 bits per heavy atom. The summed E-state index contributed by atoms with van der Waals surface area (Å²) >= 11 is 0. The van der Waals surface area contributed by atoms with Crippen molar-refractivity contribution in [3.63, 3.8) is 0 Å². The van der Waals surface area contributed by atoms with Gasteiger partial charge in [-0.25, -0.2) is 4.68 Å². The number of carbonyl (C=O) groups is 1. The predicted octanol–water partition coefficient (Wildman–Crippen LogP) is 2.18. The molecule has 0 bridgehead atoms. The summed E-state index contributed by atoms with van der Waals surface area (Å²) < 4.78 is 6.60. The third kappa shape index (κ3) is 2.25. The van der Waals surface area contributed by atoms with Crippen LogP contribution in [-0.2, 0) is 6.54 Å². The molecule has 0 unspecified atom stereocenters. The summed E-state index contributed by atoms with van der Waals surface area (Å²) in [6, 6.07) is 10.5. The van der Waals surface area contributed by atoms with Crippen LogP contribution >= 0.6 is 0 Å². The van der Waals surface area contributed by atoms with Crippen molar-refractivity contribution in [2.75, 3.05) is 0 Å². The van der Waals surface area contributed by atoms with E-state index in [4.69, 9.17) is 4.42 Å². The summed E-state index contributed by atoms with van der Waals surface area (Å²) in [6.45, 7) is 1.65. The number of hydrogen-bond acceptors (Lipinski definition) is 4. The number of ketones is 1. The molecule has 0 atom stereocenters. The number of hydrogen-bond donors (Lipinski definition) is 0. The number of nitrogens with zero attached hydrogens (tertiary/aromatic N) is 2. The summed E-state index contributed by atoms with van der Waals surface area (Å²) in [5.41, 5.74) is 1.12. The lowest BCUT2D eigenvalue weighted by Gasteiger charge is -2.01. The molecule has 20 heavy (non-hydrogen) atoms. The molecule has 0 aliphatic carbocycles. The first-order valence-electron chi connectivity index (χ1n) is 6.19. The largest absolute Gasteiger partial charge is 0.453 e. The number of aromatic nitrogens is 2. The number of furan rings is 1. The van der Waals surface area contributed by atoms with E-state index < -0.39 is 0 Å². The monoisotopic (exact) mass is 268 g/mol. The molecule has 0 saturated carbocycles. The minimum Gasteiger partial charge on any atom is -0.453 e. The third-order valence-corrected chi connectivity index (χ3v) is 3.00. The van der Waals surface area contributed by atoms with Crippen molar-refractivity contribution in [2.45, 2.75) is 13.5 Å². The van der Waals surface area contributed by atoms with Crippen molar-refractivity contribution >= 4 is 16.8 Å². The van der Waals surface area contributed by atoms with E-state index in [2.05, 4.69) is 5.10 Å². The highest BCUT2D eigenvalue weighted by atomic mass is 16.3. The highest BCUT2D eigenvalue weighted by molar-refractivity contribution is 5.97. The molecule has 0 aliphatic rings. The molecule has 0 spiro atoms. The van der Waals surface area contributed by atoms with E-state index in [-0.39, 0.29) is 23.6 Å². The first-order chi connectivity index (χ1) is 9.63. The van der Waals surface area contributed by atoms with E-state index in [1.165, 1.54) is 6.07 Å². The van der Waals surface area contributed by atoms with Gasteiger partial charge < -0.3 is 4.42 Å². The van der Waals surface area contributed by atoms with Crippen LogP contribution in [0, 0.1) is 6.92 Å². The molecule has 100 valence electrons. The topological polar surface area (TPSA) is 65.1 Å². The molecule has 0 radical (unpaired) electrons. The van der Waals surface area contributed by atoms with Gasteiger partial charge in [-0.1, -0.05) is 18.2 Å². The first kappa shape index (κ1) is 12.3. The Kier molecular flexibility index (Phi) is 2.95. The SMILES string of the molecule is Cc1cnn(CC(=O)c2cc3ccccc3o2)c(=O)c1. The Morgan fingerprint density at radius 3 is 2.85 bits per heavy atom. The molecule has 0 amide bonds. The minimum atomic E-state index is -0.297. The van der Waals surface area contributed by atoms with Gasteiger partial charge in [0, 0.05) is 11.5 Å². The lowest BCUT2D eigenvalue weighted by molar-refractivity contribution is 0.0940. The maximum absolute atomic E-state index is 12.1. The van der Waals surface area contributed by atoms with Gasteiger partial charge in [0.2, 0.25) is 5.78 Å². The smallest absolute Gasteiger partial charge is 0.267 e. The number of Topliss-reactive ketones (excluding diaryl/α,β-unsaturated/α-hetero) is 1. The second-order valence-corrected chi connectivity index (χ2v) is 4.60. The van der Waals surface area contributed by atoms with E-state index >= 15 is 0 Å². The Bertz CT molecular complexity index is 812. The summed E-state index contributed by atoms with van der Waals surface area (Å²) in [5.74, 6) is -0.0415. The van der Waals surface area contributed by atoms with E-state index in [9.17, 15) is 9.59 Å². The highest BCUT2D eigenvalue weighted by Crippen LogP contribution is 2.19. The van der Waals surface area contributed by atoms with Gasteiger partial charge in [0.25, 0.3) is 5.56 Å². The van der Waals surface area contributed by atoms with Crippen molar-refractivity contribution in [3.05, 3.63) is 64.3 Å². The zero-order valence-corrected chi connectivity index (χ0v) is 10.9. The van der Waals surface area contributed by atoms with Crippen molar-refractivity contribution < 1.29 is 9.21 Å². The van der Waals surface area contributed by atoms with Crippen molar-refractivity contribution in [3.8, 4) is 0 Å². The van der Waals surface area contributed by atoms with Gasteiger partial charge in [-0.2, -0.15) is 5.10 Å². The normalized spacial score (nSPS) is 10.8. The number of carbonyl (C=O) groups excluding carboxylic acids is 1. The molecule has 0 saturated heterocycles. The van der Waals surface area contributed by atoms with Crippen LogP contribution in [0.25, 0.3) is 11.0 Å². The standard InChI is InChI=1S/C15H12N2O3/c1-10-6-15(19)17(16-8-10)9-12(18)14-7-11-4-2-3-5-13(11)20-14/h2-8H,9H2,1H3. The summed E-state index contributed by atoms with van der Waals surface area (Å²) in [6.07, 6.45) is 1.55. The van der Waals surface area contributed by atoms with Crippen molar-refractivity contribution in [1.29, 1.82) is 0 Å². The Morgan fingerprint density at radius 1 is 1.30 bits per heavy atom. The van der Waals surface area contributed by atoms with Crippen LogP contribution in [0.5, 0.6) is 0 Å². The second-order valence-electron chi connectivity index (χ2n) is 4.60. The molecule has 2 heterocycles. The predicted molar refractivity (Wildman–Crippen MR) is 73.8 cm³/mol. The van der Waals surface area contributed by atoms with Gasteiger partial charge in [-0.05, 0) is 24.6 Å². The molecule has 0 N–H and O–H groups in total. The molecular weight excluding hydrogens is 256 g/mol. The van der Waals surface area contributed by atoms with E-state index in [1.807, 2.05) is 18.2 Å². The molecule has 0 aliphatic heterocycles. The Labute approximate surface area is 114 Å². The first-order valence-corrected chi connectivity index (χ1v) is 6.19. The number of aryl methyl sites for hydroxylation is 1. The van der Waals surface area contributed by atoms with Gasteiger partial charge in [-0.3, -0.25) is 9.59 Å². The van der Waals surface area contributed by atoms with Crippen LogP contribution in [-0.4, -0.2) is 15.6 Å². The number of benzene rings is 1. The average molecular weight is 268 g/mol. The Hall–Kier alpha value is -2.69. The molecule has 3 rings (SSSR count). The summed E-state index contributed by atoms with van der Waals surface area (Å²) in [5, 5.41) is 4.80. The summed E-state index contributed by atoms with van der Waals surface area (Å²) in [4.78, 5) is 23.8. The van der Waals surface area contributed by atoms with Crippen LogP contribution in [0.15, 0.2) is 51.8 Å². The lowest BCUT2D eigenvalue weighted by atomic mass is 10.2. The van der Waals surface area contributed by atoms with Crippen molar-refractivity contribution in [2.24, 2.45) is 0 Å². The maximum atomic E-state index is 12.1. The van der Waals surface area contributed by atoms with E-state index in [0.717, 1.165) is 15.6 Å². The van der Waals surface area contributed by atoms with Crippen LogP contribution in [0.2, 0.25) is 0 Å². The summed E-state index contributed by atoms with van der Waals surface area (Å²) in [7, 11) is 0. The number of para-hydroxylation sites is 1.